The predicted molar refractivity (Wildman–Crippen MR) is 98.2 cm³/mol. The largest absolute Gasteiger partial charge is 0.0835 e. The van der Waals surface area contributed by atoms with Crippen LogP contribution in [0.25, 0.3) is 10.8 Å². The third-order valence-corrected chi connectivity index (χ3v) is 5.31. The van der Waals surface area contributed by atoms with Gasteiger partial charge >= 0.3 is 0 Å². The lowest BCUT2D eigenvalue weighted by molar-refractivity contribution is 0.949. The molecule has 3 rings (SSSR count). The van der Waals surface area contributed by atoms with E-state index in [2.05, 4.69) is 99.4 Å². The second kappa shape index (κ2) is 6.33. The quantitative estimate of drug-likeness (QED) is 0.432. The maximum atomic E-state index is 3.86. The topological polar surface area (TPSA) is 0 Å². The lowest BCUT2D eigenvalue weighted by Gasteiger charge is -2.15. The monoisotopic (exact) mass is 402 g/mol. The minimum absolute atomic E-state index is 0.303. The molecule has 0 saturated heterocycles. The van der Waals surface area contributed by atoms with E-state index < -0.39 is 0 Å². The van der Waals surface area contributed by atoms with Gasteiger partial charge in [-0.05, 0) is 41.3 Å². The van der Waals surface area contributed by atoms with Gasteiger partial charge in [-0.3, -0.25) is 0 Å². The molecule has 3 aromatic carbocycles. The van der Waals surface area contributed by atoms with Gasteiger partial charge < -0.3 is 0 Å². The van der Waals surface area contributed by atoms with Gasteiger partial charge in [0.05, 0.1) is 0 Å². The van der Waals surface area contributed by atoms with Gasteiger partial charge in [0.2, 0.25) is 0 Å². The van der Waals surface area contributed by atoms with Gasteiger partial charge in [-0.1, -0.05) is 92.0 Å². The first-order chi connectivity index (χ1) is 10.1. The molecule has 21 heavy (non-hydrogen) atoms. The predicted octanol–water partition coefficient (Wildman–Crippen LogP) is 6.59. The van der Waals surface area contributed by atoms with Crippen LogP contribution in [0.15, 0.2) is 65.1 Å². The van der Waals surface area contributed by atoms with E-state index in [4.69, 9.17) is 0 Å². The van der Waals surface area contributed by atoms with E-state index in [1.165, 1.54) is 27.5 Å². The lowest BCUT2D eigenvalue weighted by Crippen LogP contribution is -1.98. The Morgan fingerprint density at radius 3 is 2.57 bits per heavy atom. The molecule has 0 aliphatic carbocycles. The lowest BCUT2D eigenvalue weighted by atomic mass is 9.98. The van der Waals surface area contributed by atoms with E-state index in [1.807, 2.05) is 0 Å². The van der Waals surface area contributed by atoms with Crippen LogP contribution >= 0.6 is 31.9 Å². The molecule has 0 bridgehead atoms. The number of rotatable bonds is 3. The summed E-state index contributed by atoms with van der Waals surface area (Å²) in [6.07, 6.45) is 0.976. The first-order valence-electron chi connectivity index (χ1n) is 7.02. The molecule has 3 aromatic rings. The van der Waals surface area contributed by atoms with E-state index in [0.29, 0.717) is 4.83 Å². The van der Waals surface area contributed by atoms with Crippen molar-refractivity contribution in [3.8, 4) is 0 Å². The molecule has 0 aliphatic rings. The van der Waals surface area contributed by atoms with Crippen molar-refractivity contribution < 1.29 is 0 Å². The fraction of sp³-hybridized carbons (Fsp3) is 0.158. The van der Waals surface area contributed by atoms with Crippen molar-refractivity contribution >= 4 is 42.6 Å². The Morgan fingerprint density at radius 1 is 0.952 bits per heavy atom. The van der Waals surface area contributed by atoms with E-state index >= 15 is 0 Å². The first-order valence-corrected chi connectivity index (χ1v) is 8.73. The summed E-state index contributed by atoms with van der Waals surface area (Å²) < 4.78 is 1.16. The zero-order valence-electron chi connectivity index (χ0n) is 11.8. The molecule has 0 saturated carbocycles. The summed E-state index contributed by atoms with van der Waals surface area (Å²) in [5.41, 5.74) is 3.97. The summed E-state index contributed by atoms with van der Waals surface area (Å²) in [6.45, 7) is 2.13. The van der Waals surface area contributed by atoms with Crippen LogP contribution in [0.1, 0.15) is 21.5 Å². The van der Waals surface area contributed by atoms with Crippen LogP contribution in [-0.2, 0) is 6.42 Å². The molecule has 0 fully saturated rings. The van der Waals surface area contributed by atoms with Gasteiger partial charge in [0.1, 0.15) is 0 Å². The van der Waals surface area contributed by atoms with E-state index in [-0.39, 0.29) is 0 Å². The molecule has 1 unspecified atom stereocenters. The van der Waals surface area contributed by atoms with Crippen LogP contribution in [0.4, 0.5) is 0 Å². The fourth-order valence-electron chi connectivity index (χ4n) is 2.68. The highest BCUT2D eigenvalue weighted by atomic mass is 79.9. The van der Waals surface area contributed by atoms with Crippen molar-refractivity contribution in [2.45, 2.75) is 18.2 Å². The summed E-state index contributed by atoms with van der Waals surface area (Å²) >= 11 is 7.53. The SMILES string of the molecule is Cc1ccc(Br)c(C(Br)Cc2cccc3ccccc23)c1. The van der Waals surface area contributed by atoms with E-state index in [1.54, 1.807) is 0 Å². The standard InChI is InChI=1S/C19H16Br2/c1-13-9-10-18(20)17(11-13)19(21)12-15-7-4-6-14-5-2-3-8-16(14)15/h2-11,19H,12H2,1H3. The number of benzene rings is 3. The molecule has 0 spiro atoms. The van der Waals surface area contributed by atoms with Crippen molar-refractivity contribution in [2.75, 3.05) is 0 Å². The number of alkyl halides is 1. The molecule has 0 N–H and O–H groups in total. The van der Waals surface area contributed by atoms with Gasteiger partial charge in [-0.15, -0.1) is 0 Å². The van der Waals surface area contributed by atoms with Crippen LogP contribution in [0.2, 0.25) is 0 Å². The number of hydrogen-bond acceptors (Lipinski definition) is 0. The van der Waals surface area contributed by atoms with Crippen LogP contribution in [0.3, 0.4) is 0 Å². The second-order valence-electron chi connectivity index (χ2n) is 5.33. The molecule has 0 nitrogen and oxygen atoms in total. The highest BCUT2D eigenvalue weighted by molar-refractivity contribution is 9.11. The molecule has 0 amide bonds. The third-order valence-electron chi connectivity index (χ3n) is 3.77. The minimum atomic E-state index is 0.303. The Bertz CT molecular complexity index is 772. The smallest absolute Gasteiger partial charge is 0.0447 e. The van der Waals surface area contributed by atoms with Crippen LogP contribution < -0.4 is 0 Å². The maximum Gasteiger partial charge on any atom is 0.0447 e. The van der Waals surface area contributed by atoms with Crippen LogP contribution in [0, 0.1) is 6.92 Å². The number of fused-ring (bicyclic) bond motifs is 1. The Labute approximate surface area is 142 Å². The van der Waals surface area contributed by atoms with Crippen molar-refractivity contribution in [3.05, 3.63) is 81.8 Å². The molecule has 106 valence electrons. The number of hydrogen-bond donors (Lipinski definition) is 0. The summed E-state index contributed by atoms with van der Waals surface area (Å²) in [7, 11) is 0. The molecule has 0 heterocycles. The average molecular weight is 404 g/mol. The fourth-order valence-corrected chi connectivity index (χ4v) is 4.23. The summed E-state index contributed by atoms with van der Waals surface area (Å²) in [5.74, 6) is 0. The van der Waals surface area contributed by atoms with Crippen molar-refractivity contribution in [3.63, 3.8) is 0 Å². The van der Waals surface area contributed by atoms with Gasteiger partial charge in [0.15, 0.2) is 0 Å². The molecule has 0 aromatic heterocycles. The first kappa shape index (κ1) is 14.8. The van der Waals surface area contributed by atoms with E-state index in [9.17, 15) is 0 Å². The summed E-state index contributed by atoms with van der Waals surface area (Å²) in [5, 5.41) is 2.64. The van der Waals surface area contributed by atoms with E-state index in [0.717, 1.165) is 10.9 Å². The molecule has 1 atom stereocenters. The molecular formula is C19H16Br2. The Kier molecular flexibility index (Phi) is 4.46. The molecule has 0 aliphatic heterocycles. The molecule has 0 radical (unpaired) electrons. The zero-order chi connectivity index (χ0) is 14.8. The molecular weight excluding hydrogens is 388 g/mol. The Hall–Kier alpha value is -1.12. The third kappa shape index (κ3) is 3.22. The number of aryl methyl sites for hydroxylation is 1. The van der Waals surface area contributed by atoms with Crippen LogP contribution in [0.5, 0.6) is 0 Å². The van der Waals surface area contributed by atoms with Crippen LogP contribution in [-0.4, -0.2) is 0 Å². The van der Waals surface area contributed by atoms with Gasteiger partial charge in [0.25, 0.3) is 0 Å². The van der Waals surface area contributed by atoms with Crippen molar-refractivity contribution in [1.29, 1.82) is 0 Å². The van der Waals surface area contributed by atoms with Gasteiger partial charge in [0, 0.05) is 9.30 Å². The maximum absolute atomic E-state index is 3.86. The zero-order valence-corrected chi connectivity index (χ0v) is 15.0. The summed E-state index contributed by atoms with van der Waals surface area (Å²) in [6, 6.07) is 21.6. The second-order valence-corrected chi connectivity index (χ2v) is 7.29. The average Bonchev–Trinajstić information content (AvgIpc) is 2.50. The minimum Gasteiger partial charge on any atom is -0.0835 e. The summed E-state index contributed by atoms with van der Waals surface area (Å²) in [4.78, 5) is 0.303. The van der Waals surface area contributed by atoms with Gasteiger partial charge in [-0.2, -0.15) is 0 Å². The van der Waals surface area contributed by atoms with Gasteiger partial charge in [-0.25, -0.2) is 0 Å². The number of halogens is 2. The molecule has 2 heteroatoms. The normalized spacial score (nSPS) is 12.5. The Balaban J connectivity index is 1.96. The highest BCUT2D eigenvalue weighted by Crippen LogP contribution is 2.34. The van der Waals surface area contributed by atoms with Crippen molar-refractivity contribution in [1.82, 2.24) is 0 Å². The Morgan fingerprint density at radius 2 is 1.71 bits per heavy atom. The van der Waals surface area contributed by atoms with Crippen molar-refractivity contribution in [2.24, 2.45) is 0 Å². The highest BCUT2D eigenvalue weighted by Gasteiger charge is 2.13.